The fraction of sp³-hybridized carbons (Fsp3) is 0.545. The van der Waals surface area contributed by atoms with E-state index in [1.807, 2.05) is 12.1 Å². The molecule has 0 fully saturated rings. The van der Waals surface area contributed by atoms with E-state index in [0.29, 0.717) is 5.82 Å². The van der Waals surface area contributed by atoms with Gasteiger partial charge in [0, 0.05) is 30.0 Å². The average Bonchev–Trinajstić information content (AvgIpc) is 2.26. The minimum absolute atomic E-state index is 0.0968. The zero-order valence-electron chi connectivity index (χ0n) is 10.4. The molecule has 0 saturated carbocycles. The monoisotopic (exact) mass is 223 g/mol. The van der Waals surface area contributed by atoms with Gasteiger partial charge in [0.1, 0.15) is 5.82 Å². The zero-order valence-corrected chi connectivity index (χ0v) is 10.4. The first kappa shape index (κ1) is 12.7. The first-order valence-electron chi connectivity index (χ1n) is 5.29. The van der Waals surface area contributed by atoms with Crippen LogP contribution in [-0.2, 0) is 0 Å². The molecule has 0 aliphatic carbocycles. The molecule has 0 aliphatic heterocycles. The highest BCUT2D eigenvalue weighted by Crippen LogP contribution is 2.14. The van der Waals surface area contributed by atoms with Crippen molar-refractivity contribution in [1.29, 1.82) is 0 Å². The van der Waals surface area contributed by atoms with Crippen molar-refractivity contribution in [2.75, 3.05) is 31.4 Å². The molecule has 1 rings (SSSR count). The molecule has 0 bridgehead atoms. The summed E-state index contributed by atoms with van der Waals surface area (Å²) in [5, 5.41) is 3.36. The maximum absolute atomic E-state index is 5.30. The van der Waals surface area contributed by atoms with Crippen molar-refractivity contribution in [1.82, 2.24) is 9.88 Å². The van der Waals surface area contributed by atoms with E-state index >= 15 is 0 Å². The molecule has 1 heterocycles. The Balaban J connectivity index is 2.60. The molecule has 0 radical (unpaired) electrons. The lowest BCUT2D eigenvalue weighted by Crippen LogP contribution is -2.44. The third-order valence-corrected chi connectivity index (χ3v) is 2.84. The van der Waals surface area contributed by atoms with Crippen molar-refractivity contribution in [2.24, 2.45) is 5.84 Å². The van der Waals surface area contributed by atoms with Crippen LogP contribution in [0.4, 0.5) is 11.5 Å². The highest BCUT2D eigenvalue weighted by Gasteiger charge is 2.19. The Kier molecular flexibility index (Phi) is 4.09. The molecule has 90 valence electrons. The van der Waals surface area contributed by atoms with Gasteiger partial charge in [-0.25, -0.2) is 10.8 Å². The summed E-state index contributed by atoms with van der Waals surface area (Å²) in [5.74, 6) is 5.96. The number of likely N-dealkylation sites (N-methyl/N-ethyl adjacent to an activating group) is 1. The third-order valence-electron chi connectivity index (χ3n) is 2.84. The highest BCUT2D eigenvalue weighted by molar-refractivity contribution is 5.51. The third kappa shape index (κ3) is 3.36. The minimum Gasteiger partial charge on any atom is -0.383 e. The molecule has 1 aromatic rings. The number of aromatic nitrogens is 1. The lowest BCUT2D eigenvalue weighted by Gasteiger charge is -2.33. The first-order chi connectivity index (χ1) is 7.45. The van der Waals surface area contributed by atoms with Gasteiger partial charge in [-0.1, -0.05) is 0 Å². The number of rotatable bonds is 5. The van der Waals surface area contributed by atoms with E-state index in [4.69, 9.17) is 5.84 Å². The van der Waals surface area contributed by atoms with E-state index in [1.54, 1.807) is 6.20 Å². The van der Waals surface area contributed by atoms with Gasteiger partial charge in [0.05, 0.1) is 0 Å². The Bertz CT molecular complexity index is 335. The van der Waals surface area contributed by atoms with Crippen LogP contribution in [0, 0.1) is 0 Å². The van der Waals surface area contributed by atoms with Crippen LogP contribution in [0.3, 0.4) is 0 Å². The Morgan fingerprint density at radius 1 is 1.44 bits per heavy atom. The maximum Gasteiger partial charge on any atom is 0.141 e. The van der Waals surface area contributed by atoms with E-state index in [9.17, 15) is 0 Å². The number of nitrogen functional groups attached to an aromatic ring is 1. The Morgan fingerprint density at radius 2 is 2.12 bits per heavy atom. The zero-order chi connectivity index (χ0) is 12.2. The lowest BCUT2D eigenvalue weighted by molar-refractivity contribution is 0.210. The molecule has 0 atom stereocenters. The van der Waals surface area contributed by atoms with Crippen molar-refractivity contribution in [3.05, 3.63) is 18.3 Å². The molecule has 5 nitrogen and oxygen atoms in total. The van der Waals surface area contributed by atoms with Gasteiger partial charge < -0.3 is 15.6 Å². The van der Waals surface area contributed by atoms with E-state index in [1.165, 1.54) is 0 Å². The Hall–Kier alpha value is -1.33. The van der Waals surface area contributed by atoms with Gasteiger partial charge in [0.15, 0.2) is 0 Å². The van der Waals surface area contributed by atoms with Gasteiger partial charge >= 0.3 is 0 Å². The molecule has 5 heteroatoms. The molecule has 0 saturated heterocycles. The molecule has 0 amide bonds. The average molecular weight is 223 g/mol. The van der Waals surface area contributed by atoms with Crippen molar-refractivity contribution in [2.45, 2.75) is 19.4 Å². The van der Waals surface area contributed by atoms with Crippen LogP contribution in [-0.4, -0.2) is 36.1 Å². The normalized spacial score (nSPS) is 11.6. The summed E-state index contributed by atoms with van der Waals surface area (Å²) in [4.78, 5) is 6.23. The second kappa shape index (κ2) is 5.14. The van der Waals surface area contributed by atoms with Gasteiger partial charge in [-0.2, -0.15) is 0 Å². The van der Waals surface area contributed by atoms with Crippen LogP contribution < -0.4 is 16.6 Å². The van der Waals surface area contributed by atoms with Gasteiger partial charge in [-0.15, -0.1) is 0 Å². The summed E-state index contributed by atoms with van der Waals surface area (Å²) in [6, 6.07) is 3.80. The topological polar surface area (TPSA) is 66.2 Å². The summed E-state index contributed by atoms with van der Waals surface area (Å²) in [5.41, 5.74) is 3.63. The van der Waals surface area contributed by atoms with Gasteiger partial charge in [0.2, 0.25) is 0 Å². The van der Waals surface area contributed by atoms with Crippen LogP contribution >= 0.6 is 0 Å². The molecular weight excluding hydrogens is 202 g/mol. The molecule has 0 aliphatic rings. The molecule has 0 unspecified atom stereocenters. The summed E-state index contributed by atoms with van der Waals surface area (Å²) < 4.78 is 0. The number of hydrogen-bond donors (Lipinski definition) is 3. The summed E-state index contributed by atoms with van der Waals surface area (Å²) in [6.07, 6.45) is 1.72. The molecule has 0 aromatic carbocycles. The van der Waals surface area contributed by atoms with Crippen molar-refractivity contribution < 1.29 is 0 Å². The quantitative estimate of drug-likeness (QED) is 0.515. The minimum atomic E-state index is 0.0968. The molecule has 1 aromatic heterocycles. The number of nitrogens with two attached hydrogens (primary N) is 1. The van der Waals surface area contributed by atoms with Crippen LogP contribution in [0.15, 0.2) is 18.3 Å². The molecule has 0 spiro atoms. The first-order valence-corrected chi connectivity index (χ1v) is 5.29. The van der Waals surface area contributed by atoms with Crippen LogP contribution in [0.25, 0.3) is 0 Å². The number of hydrogen-bond acceptors (Lipinski definition) is 5. The number of nitrogens with one attached hydrogen (secondary N) is 2. The number of anilines is 2. The van der Waals surface area contributed by atoms with E-state index in [0.717, 1.165) is 12.2 Å². The van der Waals surface area contributed by atoms with Crippen molar-refractivity contribution in [3.8, 4) is 0 Å². The van der Waals surface area contributed by atoms with Gasteiger partial charge in [-0.3, -0.25) is 0 Å². The largest absolute Gasteiger partial charge is 0.383 e. The molecule has 16 heavy (non-hydrogen) atoms. The maximum atomic E-state index is 5.30. The fourth-order valence-electron chi connectivity index (χ4n) is 1.10. The predicted molar refractivity (Wildman–Crippen MR) is 68.3 cm³/mol. The number of hydrazine groups is 1. The SMILES string of the molecule is CN(C)C(C)(C)CNc1ccnc(NN)c1. The fourth-order valence-corrected chi connectivity index (χ4v) is 1.10. The second-order valence-electron chi connectivity index (χ2n) is 4.63. The standard InChI is InChI=1S/C11H21N5/c1-11(2,16(3)4)8-14-9-5-6-13-10(7-9)15-12/h5-7H,8,12H2,1-4H3,(H2,13,14,15). The number of pyridine rings is 1. The Morgan fingerprint density at radius 3 is 2.69 bits per heavy atom. The van der Waals surface area contributed by atoms with Crippen molar-refractivity contribution >= 4 is 11.5 Å². The van der Waals surface area contributed by atoms with E-state index < -0.39 is 0 Å². The Labute approximate surface area is 97.0 Å². The number of nitrogens with zero attached hydrogens (tertiary/aromatic N) is 2. The van der Waals surface area contributed by atoms with Crippen LogP contribution in [0.2, 0.25) is 0 Å². The molecule has 4 N–H and O–H groups in total. The predicted octanol–water partition coefficient (Wildman–Crippen LogP) is 1.12. The summed E-state index contributed by atoms with van der Waals surface area (Å²) in [6.45, 7) is 5.22. The summed E-state index contributed by atoms with van der Waals surface area (Å²) in [7, 11) is 4.14. The highest BCUT2D eigenvalue weighted by atomic mass is 15.2. The van der Waals surface area contributed by atoms with Crippen molar-refractivity contribution in [3.63, 3.8) is 0 Å². The second-order valence-corrected chi connectivity index (χ2v) is 4.63. The van der Waals surface area contributed by atoms with Gasteiger partial charge in [-0.05, 0) is 34.0 Å². The molecular formula is C11H21N5. The van der Waals surface area contributed by atoms with E-state index in [-0.39, 0.29) is 5.54 Å². The van der Waals surface area contributed by atoms with Crippen LogP contribution in [0.1, 0.15) is 13.8 Å². The summed E-state index contributed by atoms with van der Waals surface area (Å²) >= 11 is 0. The lowest BCUT2D eigenvalue weighted by atomic mass is 10.0. The smallest absolute Gasteiger partial charge is 0.141 e. The van der Waals surface area contributed by atoms with E-state index in [2.05, 4.69) is 48.6 Å². The van der Waals surface area contributed by atoms with Crippen LogP contribution in [0.5, 0.6) is 0 Å². The van der Waals surface area contributed by atoms with Gasteiger partial charge in [0.25, 0.3) is 0 Å².